The smallest absolute Gasteiger partial charge is 0.163 e. The van der Waals surface area contributed by atoms with E-state index in [-0.39, 0.29) is 0 Å². The molecule has 1 aliphatic heterocycles. The van der Waals surface area contributed by atoms with Crippen molar-refractivity contribution in [1.29, 1.82) is 0 Å². The van der Waals surface area contributed by atoms with Gasteiger partial charge < -0.3 is 10.2 Å². The van der Waals surface area contributed by atoms with E-state index in [1.807, 2.05) is 13.2 Å². The largest absolute Gasteiger partial charge is 0.365 e. The minimum absolute atomic E-state index is 0.471. The number of likely N-dealkylation sites (N-methyl/N-ethyl adjacent to an activating group) is 1. The molecule has 3 heterocycles. The number of hydrogen-bond donors (Lipinski definition) is 1. The third-order valence-corrected chi connectivity index (χ3v) is 3.26. The van der Waals surface area contributed by atoms with Crippen LogP contribution in [-0.2, 0) is 7.05 Å². The molecule has 0 radical (unpaired) electrons. The maximum Gasteiger partial charge on any atom is 0.163 e. The third-order valence-electron chi connectivity index (χ3n) is 3.26. The second-order valence-corrected chi connectivity index (χ2v) is 4.62. The Labute approximate surface area is 99.7 Å². The first-order valence-electron chi connectivity index (χ1n) is 5.82. The summed E-state index contributed by atoms with van der Waals surface area (Å²) >= 11 is 0. The van der Waals surface area contributed by atoms with Gasteiger partial charge in [-0.1, -0.05) is 0 Å². The van der Waals surface area contributed by atoms with E-state index in [1.165, 1.54) is 0 Å². The van der Waals surface area contributed by atoms with Crippen LogP contribution in [0.1, 0.15) is 6.42 Å². The van der Waals surface area contributed by atoms with Gasteiger partial charge >= 0.3 is 0 Å². The van der Waals surface area contributed by atoms with Gasteiger partial charge in [0.2, 0.25) is 0 Å². The Balaban J connectivity index is 1.90. The molecule has 0 aliphatic carbocycles. The monoisotopic (exact) mass is 232 g/mol. The van der Waals surface area contributed by atoms with Crippen molar-refractivity contribution in [3.63, 3.8) is 0 Å². The number of likely N-dealkylation sites (tertiary alicyclic amines) is 1. The summed E-state index contributed by atoms with van der Waals surface area (Å²) in [6.07, 6.45) is 4.56. The molecule has 2 aromatic heterocycles. The molecule has 6 heteroatoms. The number of anilines is 1. The minimum atomic E-state index is 0.471. The fourth-order valence-electron chi connectivity index (χ4n) is 2.32. The van der Waals surface area contributed by atoms with Crippen LogP contribution in [0.25, 0.3) is 11.0 Å². The normalized spacial score (nSPS) is 21.2. The van der Waals surface area contributed by atoms with E-state index in [2.05, 4.69) is 32.3 Å². The topological polar surface area (TPSA) is 58.9 Å². The van der Waals surface area contributed by atoms with Gasteiger partial charge in [-0.2, -0.15) is 5.10 Å². The van der Waals surface area contributed by atoms with Crippen LogP contribution in [0.2, 0.25) is 0 Å². The van der Waals surface area contributed by atoms with E-state index in [4.69, 9.17) is 0 Å². The lowest BCUT2D eigenvalue weighted by atomic mass is 10.2. The van der Waals surface area contributed by atoms with Crippen LogP contribution < -0.4 is 5.32 Å². The summed E-state index contributed by atoms with van der Waals surface area (Å²) < 4.78 is 1.77. The van der Waals surface area contributed by atoms with Crippen molar-refractivity contribution in [2.24, 2.45) is 7.05 Å². The highest BCUT2D eigenvalue weighted by Gasteiger charge is 2.20. The first-order chi connectivity index (χ1) is 8.24. The zero-order valence-electron chi connectivity index (χ0n) is 10.1. The highest BCUT2D eigenvalue weighted by Crippen LogP contribution is 2.20. The standard InChI is InChI=1S/C11H16N6/c1-16-4-3-8(6-16)15-10-9-5-14-17(2)11(9)13-7-12-10/h5,7-8H,3-4,6H2,1-2H3,(H,12,13,15). The average molecular weight is 232 g/mol. The molecule has 3 rings (SSSR count). The molecule has 1 N–H and O–H groups in total. The van der Waals surface area contributed by atoms with E-state index < -0.39 is 0 Å². The van der Waals surface area contributed by atoms with Gasteiger partial charge in [0, 0.05) is 19.6 Å². The van der Waals surface area contributed by atoms with Gasteiger partial charge in [-0.05, 0) is 20.0 Å². The fourth-order valence-corrected chi connectivity index (χ4v) is 2.32. The summed E-state index contributed by atoms with van der Waals surface area (Å²) in [7, 11) is 4.03. The van der Waals surface area contributed by atoms with Crippen LogP contribution in [0, 0.1) is 0 Å². The molecule has 6 nitrogen and oxygen atoms in total. The molecule has 0 bridgehead atoms. The summed E-state index contributed by atoms with van der Waals surface area (Å²) in [4.78, 5) is 10.9. The second kappa shape index (κ2) is 3.96. The van der Waals surface area contributed by atoms with E-state index in [0.29, 0.717) is 6.04 Å². The Morgan fingerprint density at radius 3 is 3.00 bits per heavy atom. The zero-order valence-corrected chi connectivity index (χ0v) is 10.1. The van der Waals surface area contributed by atoms with Gasteiger partial charge in [0.15, 0.2) is 5.65 Å². The van der Waals surface area contributed by atoms with Crippen molar-refractivity contribution in [3.8, 4) is 0 Å². The van der Waals surface area contributed by atoms with Crippen LogP contribution >= 0.6 is 0 Å². The molecular weight excluding hydrogens is 216 g/mol. The van der Waals surface area contributed by atoms with Crippen molar-refractivity contribution in [1.82, 2.24) is 24.6 Å². The Bertz CT molecular complexity index is 534. The molecule has 0 aromatic carbocycles. The van der Waals surface area contributed by atoms with Gasteiger partial charge in [0.1, 0.15) is 12.1 Å². The zero-order chi connectivity index (χ0) is 11.8. The maximum atomic E-state index is 4.31. The average Bonchev–Trinajstić information content (AvgIpc) is 2.88. The molecule has 1 fully saturated rings. The van der Waals surface area contributed by atoms with Gasteiger partial charge in [-0.15, -0.1) is 0 Å². The summed E-state index contributed by atoms with van der Waals surface area (Å²) in [5.74, 6) is 0.892. The Morgan fingerprint density at radius 2 is 2.24 bits per heavy atom. The molecule has 1 unspecified atom stereocenters. The first-order valence-corrected chi connectivity index (χ1v) is 5.82. The number of aromatic nitrogens is 4. The Kier molecular flexibility index (Phi) is 2.44. The van der Waals surface area contributed by atoms with E-state index in [0.717, 1.165) is 36.4 Å². The van der Waals surface area contributed by atoms with Crippen molar-refractivity contribution >= 4 is 16.9 Å². The highest BCUT2D eigenvalue weighted by molar-refractivity contribution is 5.86. The summed E-state index contributed by atoms with van der Waals surface area (Å²) in [5, 5.41) is 8.68. The predicted octanol–water partition coefficient (Wildman–Crippen LogP) is 0.479. The van der Waals surface area contributed by atoms with Crippen molar-refractivity contribution < 1.29 is 0 Å². The summed E-state index contributed by atoms with van der Waals surface area (Å²) in [5.41, 5.74) is 0.869. The van der Waals surface area contributed by atoms with Gasteiger partial charge in [-0.25, -0.2) is 9.97 Å². The third kappa shape index (κ3) is 1.84. The molecular formula is C11H16N6. The Morgan fingerprint density at radius 1 is 1.35 bits per heavy atom. The molecule has 1 aliphatic rings. The lowest BCUT2D eigenvalue weighted by Crippen LogP contribution is -2.24. The molecule has 90 valence electrons. The summed E-state index contributed by atoms with van der Waals surface area (Å²) in [6, 6.07) is 0.471. The second-order valence-electron chi connectivity index (χ2n) is 4.62. The molecule has 1 atom stereocenters. The lowest BCUT2D eigenvalue weighted by molar-refractivity contribution is 0.414. The Hall–Kier alpha value is -1.69. The fraction of sp³-hybridized carbons (Fsp3) is 0.545. The van der Waals surface area contributed by atoms with Gasteiger partial charge in [-0.3, -0.25) is 4.68 Å². The van der Waals surface area contributed by atoms with Crippen LogP contribution in [0.4, 0.5) is 5.82 Å². The number of nitrogens with one attached hydrogen (secondary N) is 1. The highest BCUT2D eigenvalue weighted by atomic mass is 15.3. The maximum absolute atomic E-state index is 4.31. The van der Waals surface area contributed by atoms with E-state index in [1.54, 1.807) is 11.0 Å². The van der Waals surface area contributed by atoms with Crippen LogP contribution in [0.5, 0.6) is 0 Å². The van der Waals surface area contributed by atoms with Crippen molar-refractivity contribution in [2.45, 2.75) is 12.5 Å². The number of aryl methyl sites for hydroxylation is 1. The van der Waals surface area contributed by atoms with Crippen LogP contribution in [0.3, 0.4) is 0 Å². The van der Waals surface area contributed by atoms with Gasteiger partial charge in [0.05, 0.1) is 11.6 Å². The lowest BCUT2D eigenvalue weighted by Gasteiger charge is -2.13. The van der Waals surface area contributed by atoms with Crippen LogP contribution in [-0.4, -0.2) is 50.8 Å². The number of hydrogen-bond acceptors (Lipinski definition) is 5. The number of rotatable bonds is 2. The van der Waals surface area contributed by atoms with E-state index in [9.17, 15) is 0 Å². The SMILES string of the molecule is CN1CCC(Nc2ncnc3c2cnn3C)C1. The molecule has 17 heavy (non-hydrogen) atoms. The molecule has 0 amide bonds. The molecule has 2 aromatic rings. The number of nitrogens with zero attached hydrogens (tertiary/aromatic N) is 5. The molecule has 0 spiro atoms. The minimum Gasteiger partial charge on any atom is -0.365 e. The van der Waals surface area contributed by atoms with E-state index >= 15 is 0 Å². The predicted molar refractivity (Wildman–Crippen MR) is 65.8 cm³/mol. The van der Waals surface area contributed by atoms with Crippen LogP contribution in [0.15, 0.2) is 12.5 Å². The first kappa shape index (κ1) is 10.5. The summed E-state index contributed by atoms with van der Waals surface area (Å²) in [6.45, 7) is 2.20. The quantitative estimate of drug-likeness (QED) is 0.816. The van der Waals surface area contributed by atoms with Crippen molar-refractivity contribution in [2.75, 3.05) is 25.5 Å². The molecule has 0 saturated carbocycles. The van der Waals surface area contributed by atoms with Gasteiger partial charge in [0.25, 0.3) is 0 Å². The van der Waals surface area contributed by atoms with Crippen molar-refractivity contribution in [3.05, 3.63) is 12.5 Å². The number of fused-ring (bicyclic) bond motifs is 1. The molecule has 1 saturated heterocycles.